The highest BCUT2D eigenvalue weighted by Crippen LogP contribution is 2.33. The summed E-state index contributed by atoms with van der Waals surface area (Å²) < 4.78 is 0. The number of aliphatic carboxylic acids is 1. The second-order valence-electron chi connectivity index (χ2n) is 6.84. The number of aromatic carboxylic acids is 1. The van der Waals surface area contributed by atoms with E-state index in [-0.39, 0.29) is 22.1 Å². The minimum atomic E-state index is -1.26. The molecule has 0 saturated heterocycles. The number of hydrogen-bond acceptors (Lipinski definition) is 5. The number of fused-ring (bicyclic) bond motifs is 1. The summed E-state index contributed by atoms with van der Waals surface area (Å²) in [5.41, 5.74) is 6.71. The van der Waals surface area contributed by atoms with E-state index in [2.05, 4.69) is 5.32 Å². The largest absolute Gasteiger partial charge is 0.480 e. The Hall–Kier alpha value is -3.36. The molecule has 8 heteroatoms. The van der Waals surface area contributed by atoms with E-state index in [0.29, 0.717) is 6.54 Å². The van der Waals surface area contributed by atoms with Gasteiger partial charge in [-0.1, -0.05) is 54.6 Å². The third-order valence-electron chi connectivity index (χ3n) is 4.85. The van der Waals surface area contributed by atoms with Crippen LogP contribution in [0.5, 0.6) is 0 Å². The lowest BCUT2D eigenvalue weighted by atomic mass is 10.0. The molecule has 5 N–H and O–H groups in total. The Kier molecular flexibility index (Phi) is 7.28. The molecule has 1 unspecified atom stereocenters. The third kappa shape index (κ3) is 5.22. The lowest BCUT2D eigenvalue weighted by molar-refractivity contribution is -0.138. The van der Waals surface area contributed by atoms with Gasteiger partial charge in [0.15, 0.2) is 0 Å². The molecule has 2 atom stereocenters. The number of carboxylic acids is 2. The standard InChI is InChI=1S/C23H22N2O5S/c24-12-20(16-11-5-7-14-6-1-2-8-15(14)16)31-13-19(23(29)30)25-21(26)17-9-3-4-10-18(17)22(27)28/h1-11,19-20H,12-13,24H2,(H,25,26)(H,27,28)(H,29,30)/t19-,20?/m0/s1. The van der Waals surface area contributed by atoms with Crippen LogP contribution in [-0.2, 0) is 4.79 Å². The number of benzene rings is 3. The Morgan fingerprint density at radius 1 is 0.903 bits per heavy atom. The minimum Gasteiger partial charge on any atom is -0.480 e. The Morgan fingerprint density at radius 2 is 1.55 bits per heavy atom. The van der Waals surface area contributed by atoms with Crippen molar-refractivity contribution in [1.82, 2.24) is 5.32 Å². The zero-order valence-corrected chi connectivity index (χ0v) is 17.3. The van der Waals surface area contributed by atoms with Gasteiger partial charge in [0.1, 0.15) is 6.04 Å². The van der Waals surface area contributed by atoms with Crippen LogP contribution in [0, 0.1) is 0 Å². The van der Waals surface area contributed by atoms with Gasteiger partial charge in [0.25, 0.3) is 5.91 Å². The maximum atomic E-state index is 12.6. The number of thioether (sulfide) groups is 1. The average Bonchev–Trinajstić information content (AvgIpc) is 2.78. The van der Waals surface area contributed by atoms with E-state index in [9.17, 15) is 24.6 Å². The topological polar surface area (TPSA) is 130 Å². The van der Waals surface area contributed by atoms with E-state index < -0.39 is 23.9 Å². The summed E-state index contributed by atoms with van der Waals surface area (Å²) in [7, 11) is 0. The highest BCUT2D eigenvalue weighted by Gasteiger charge is 2.25. The quantitative estimate of drug-likeness (QED) is 0.404. The molecular weight excluding hydrogens is 416 g/mol. The molecule has 0 spiro atoms. The van der Waals surface area contributed by atoms with Gasteiger partial charge in [-0.2, -0.15) is 0 Å². The highest BCUT2D eigenvalue weighted by atomic mass is 32.2. The normalized spacial score (nSPS) is 12.8. The summed E-state index contributed by atoms with van der Waals surface area (Å²) >= 11 is 1.34. The monoisotopic (exact) mass is 438 g/mol. The molecule has 0 aliphatic heterocycles. The van der Waals surface area contributed by atoms with Crippen LogP contribution in [0.1, 0.15) is 31.5 Å². The molecule has 0 radical (unpaired) electrons. The molecule has 0 aliphatic rings. The lowest BCUT2D eigenvalue weighted by Gasteiger charge is -2.20. The Labute approximate surface area is 183 Å². The van der Waals surface area contributed by atoms with Crippen molar-refractivity contribution < 1.29 is 24.6 Å². The molecule has 0 aromatic heterocycles. The molecule has 0 heterocycles. The number of rotatable bonds is 9. The molecule has 0 fully saturated rings. The first-order valence-corrected chi connectivity index (χ1v) is 10.6. The van der Waals surface area contributed by atoms with Crippen LogP contribution >= 0.6 is 11.8 Å². The molecule has 31 heavy (non-hydrogen) atoms. The van der Waals surface area contributed by atoms with E-state index in [4.69, 9.17) is 5.73 Å². The first-order chi connectivity index (χ1) is 14.9. The predicted octanol–water partition coefficient (Wildman–Crippen LogP) is 3.15. The number of hydrogen-bond donors (Lipinski definition) is 4. The zero-order valence-electron chi connectivity index (χ0n) is 16.5. The first kappa shape index (κ1) is 22.3. The zero-order chi connectivity index (χ0) is 22.4. The van der Waals surface area contributed by atoms with Crippen LogP contribution in [0.15, 0.2) is 66.7 Å². The average molecular weight is 439 g/mol. The molecule has 7 nitrogen and oxygen atoms in total. The second kappa shape index (κ2) is 10.1. The van der Waals surface area contributed by atoms with Crippen molar-refractivity contribution in [3.05, 3.63) is 83.4 Å². The number of amides is 1. The van der Waals surface area contributed by atoms with E-state index in [1.807, 2.05) is 42.5 Å². The van der Waals surface area contributed by atoms with E-state index in [0.717, 1.165) is 16.3 Å². The lowest BCUT2D eigenvalue weighted by Crippen LogP contribution is -2.43. The van der Waals surface area contributed by atoms with Crippen LogP contribution in [0.2, 0.25) is 0 Å². The smallest absolute Gasteiger partial charge is 0.336 e. The van der Waals surface area contributed by atoms with Crippen LogP contribution in [0.3, 0.4) is 0 Å². The number of nitrogens with one attached hydrogen (secondary N) is 1. The third-order valence-corrected chi connectivity index (χ3v) is 6.23. The fraction of sp³-hybridized carbons (Fsp3) is 0.174. The van der Waals surface area contributed by atoms with Gasteiger partial charge in [0, 0.05) is 17.5 Å². The maximum absolute atomic E-state index is 12.6. The van der Waals surface area contributed by atoms with Gasteiger partial charge in [-0.3, -0.25) is 4.79 Å². The van der Waals surface area contributed by atoms with Crippen molar-refractivity contribution in [3.63, 3.8) is 0 Å². The molecule has 160 valence electrons. The van der Waals surface area contributed by atoms with Crippen molar-refractivity contribution in [2.45, 2.75) is 11.3 Å². The van der Waals surface area contributed by atoms with Crippen molar-refractivity contribution >= 4 is 40.4 Å². The van der Waals surface area contributed by atoms with Crippen LogP contribution in [0.4, 0.5) is 0 Å². The Bertz CT molecular complexity index is 1110. The summed E-state index contributed by atoms with van der Waals surface area (Å²) in [6, 6.07) is 18.2. The van der Waals surface area contributed by atoms with Gasteiger partial charge in [0.05, 0.1) is 11.1 Å². The fourth-order valence-corrected chi connectivity index (χ4v) is 4.48. The van der Waals surface area contributed by atoms with Crippen molar-refractivity contribution in [3.8, 4) is 0 Å². The van der Waals surface area contributed by atoms with Crippen LogP contribution < -0.4 is 11.1 Å². The Morgan fingerprint density at radius 3 is 2.23 bits per heavy atom. The van der Waals surface area contributed by atoms with Gasteiger partial charge in [0.2, 0.25) is 0 Å². The molecule has 1 amide bonds. The molecule has 3 rings (SSSR count). The number of carbonyl (C=O) groups excluding carboxylic acids is 1. The van der Waals surface area contributed by atoms with Crippen molar-refractivity contribution in [2.75, 3.05) is 12.3 Å². The molecule has 3 aromatic carbocycles. The van der Waals surface area contributed by atoms with Crippen molar-refractivity contribution in [1.29, 1.82) is 0 Å². The van der Waals surface area contributed by atoms with Gasteiger partial charge in [-0.05, 0) is 28.5 Å². The Balaban J connectivity index is 1.76. The first-order valence-electron chi connectivity index (χ1n) is 9.57. The van der Waals surface area contributed by atoms with Gasteiger partial charge < -0.3 is 21.3 Å². The molecule has 0 bridgehead atoms. The number of nitrogens with two attached hydrogens (primary N) is 1. The van der Waals surface area contributed by atoms with E-state index >= 15 is 0 Å². The second-order valence-corrected chi connectivity index (χ2v) is 8.08. The maximum Gasteiger partial charge on any atom is 0.336 e. The van der Waals surface area contributed by atoms with E-state index in [1.165, 1.54) is 36.0 Å². The summed E-state index contributed by atoms with van der Waals surface area (Å²) in [5.74, 6) is -3.14. The molecule has 3 aromatic rings. The van der Waals surface area contributed by atoms with Gasteiger partial charge in [-0.25, -0.2) is 9.59 Å². The molecule has 0 aliphatic carbocycles. The fourth-order valence-electron chi connectivity index (χ4n) is 3.31. The SMILES string of the molecule is NCC(SC[C@H](NC(=O)c1ccccc1C(=O)O)C(=O)O)c1cccc2ccccc12. The number of carbonyl (C=O) groups is 3. The molecule has 0 saturated carbocycles. The van der Waals surface area contributed by atoms with Crippen molar-refractivity contribution in [2.24, 2.45) is 5.73 Å². The number of carboxylic acid groups (broad SMARTS) is 2. The minimum absolute atomic E-state index is 0.0708. The van der Waals surface area contributed by atoms with Crippen LogP contribution in [-0.4, -0.2) is 46.4 Å². The highest BCUT2D eigenvalue weighted by molar-refractivity contribution is 7.99. The van der Waals surface area contributed by atoms with Gasteiger partial charge in [-0.15, -0.1) is 11.8 Å². The molecular formula is C23H22N2O5S. The summed E-state index contributed by atoms with van der Waals surface area (Å²) in [5, 5.41) is 23.2. The van der Waals surface area contributed by atoms with E-state index in [1.54, 1.807) is 0 Å². The summed E-state index contributed by atoms with van der Waals surface area (Å²) in [4.78, 5) is 35.7. The van der Waals surface area contributed by atoms with Crippen LogP contribution in [0.25, 0.3) is 10.8 Å². The predicted molar refractivity (Wildman–Crippen MR) is 120 cm³/mol. The summed E-state index contributed by atoms with van der Waals surface area (Å²) in [6.07, 6.45) is 0. The summed E-state index contributed by atoms with van der Waals surface area (Å²) in [6.45, 7) is 0.292. The van der Waals surface area contributed by atoms with Gasteiger partial charge >= 0.3 is 11.9 Å².